The van der Waals surface area contributed by atoms with Crippen LogP contribution in [0.4, 0.5) is 11.5 Å². The molecule has 1 saturated carbocycles. The van der Waals surface area contributed by atoms with Crippen LogP contribution in [0, 0.1) is 10.1 Å². The van der Waals surface area contributed by atoms with Crippen molar-refractivity contribution in [1.82, 2.24) is 9.97 Å². The second-order valence-corrected chi connectivity index (χ2v) is 6.15. The Hall–Kier alpha value is -1.57. The zero-order valence-electron chi connectivity index (χ0n) is 11.5. The van der Waals surface area contributed by atoms with Gasteiger partial charge in [0.2, 0.25) is 5.82 Å². The van der Waals surface area contributed by atoms with Gasteiger partial charge in [-0.3, -0.25) is 10.1 Å². The highest BCUT2D eigenvalue weighted by Gasteiger charge is 2.29. The Bertz CT molecular complexity index is 486. The van der Waals surface area contributed by atoms with E-state index < -0.39 is 4.92 Å². The number of ether oxygens (including phenoxy) is 1. The summed E-state index contributed by atoms with van der Waals surface area (Å²) in [6.07, 6.45) is 4.41. The standard InChI is InChI=1S/C12H18N4O3S/c1-3-20-9-5-4-8(6-9)15-11-10(16(17)18)12(19-2)14-7-13-11/h7-9H,3-6H2,1-2H3,(H,13,14,15). The van der Waals surface area contributed by atoms with Crippen LogP contribution in [-0.2, 0) is 0 Å². The fourth-order valence-corrected chi connectivity index (χ4v) is 3.58. The molecule has 110 valence electrons. The molecule has 7 nitrogen and oxygen atoms in total. The number of methoxy groups -OCH3 is 1. The number of anilines is 1. The molecule has 1 aliphatic carbocycles. The van der Waals surface area contributed by atoms with E-state index >= 15 is 0 Å². The van der Waals surface area contributed by atoms with Gasteiger partial charge >= 0.3 is 5.69 Å². The molecule has 2 atom stereocenters. The molecule has 1 aliphatic rings. The lowest BCUT2D eigenvalue weighted by Gasteiger charge is -2.14. The molecule has 0 bridgehead atoms. The van der Waals surface area contributed by atoms with Crippen LogP contribution in [-0.4, -0.2) is 39.0 Å². The summed E-state index contributed by atoms with van der Waals surface area (Å²) in [5.74, 6) is 1.33. The number of aromatic nitrogens is 2. The predicted molar refractivity (Wildman–Crippen MR) is 78.4 cm³/mol. The van der Waals surface area contributed by atoms with E-state index in [4.69, 9.17) is 4.74 Å². The maximum absolute atomic E-state index is 11.1. The van der Waals surface area contributed by atoms with E-state index in [1.54, 1.807) is 0 Å². The highest BCUT2D eigenvalue weighted by Crippen LogP contribution is 2.35. The van der Waals surface area contributed by atoms with Gasteiger partial charge in [0, 0.05) is 11.3 Å². The van der Waals surface area contributed by atoms with Crippen molar-refractivity contribution in [2.24, 2.45) is 0 Å². The van der Waals surface area contributed by atoms with Gasteiger partial charge < -0.3 is 10.1 Å². The van der Waals surface area contributed by atoms with Gasteiger partial charge in [0.05, 0.1) is 12.0 Å². The van der Waals surface area contributed by atoms with E-state index in [1.807, 2.05) is 11.8 Å². The molecule has 0 aliphatic heterocycles. The lowest BCUT2D eigenvalue weighted by molar-refractivity contribution is -0.385. The molecular formula is C12H18N4O3S. The van der Waals surface area contributed by atoms with Gasteiger partial charge in [-0.1, -0.05) is 6.92 Å². The number of nitro groups is 1. The minimum atomic E-state index is -0.506. The van der Waals surface area contributed by atoms with Crippen molar-refractivity contribution in [3.05, 3.63) is 16.4 Å². The summed E-state index contributed by atoms with van der Waals surface area (Å²) in [4.78, 5) is 18.4. The Kier molecular flexibility index (Phi) is 4.99. The van der Waals surface area contributed by atoms with Crippen molar-refractivity contribution in [3.8, 4) is 5.88 Å². The molecule has 1 aromatic rings. The van der Waals surface area contributed by atoms with Gasteiger partial charge in [-0.05, 0) is 25.0 Å². The summed E-state index contributed by atoms with van der Waals surface area (Å²) >= 11 is 1.94. The number of rotatable bonds is 6. The molecule has 1 heterocycles. The van der Waals surface area contributed by atoms with Crippen LogP contribution >= 0.6 is 11.8 Å². The van der Waals surface area contributed by atoms with E-state index in [1.165, 1.54) is 13.4 Å². The normalized spacial score (nSPS) is 21.7. The van der Waals surface area contributed by atoms with Crippen molar-refractivity contribution < 1.29 is 9.66 Å². The summed E-state index contributed by atoms with van der Waals surface area (Å²) in [5, 5.41) is 14.9. The zero-order chi connectivity index (χ0) is 14.5. The Labute approximate surface area is 121 Å². The van der Waals surface area contributed by atoms with Crippen LogP contribution in [0.5, 0.6) is 5.88 Å². The van der Waals surface area contributed by atoms with Gasteiger partial charge in [-0.15, -0.1) is 0 Å². The third-order valence-corrected chi connectivity index (χ3v) is 4.53. The largest absolute Gasteiger partial charge is 0.476 e. The average molecular weight is 298 g/mol. The molecule has 0 aromatic carbocycles. The van der Waals surface area contributed by atoms with Crippen LogP contribution < -0.4 is 10.1 Å². The third-order valence-electron chi connectivity index (χ3n) is 3.29. The predicted octanol–water partition coefficient (Wildman–Crippen LogP) is 2.48. The van der Waals surface area contributed by atoms with E-state index in [2.05, 4.69) is 22.2 Å². The molecule has 2 rings (SSSR count). The first-order valence-corrected chi connectivity index (χ1v) is 7.62. The number of thioether (sulfide) groups is 1. The maximum Gasteiger partial charge on any atom is 0.372 e. The maximum atomic E-state index is 11.1. The van der Waals surface area contributed by atoms with Crippen molar-refractivity contribution in [2.45, 2.75) is 37.5 Å². The topological polar surface area (TPSA) is 90.2 Å². The Morgan fingerprint density at radius 3 is 3.00 bits per heavy atom. The van der Waals surface area contributed by atoms with Crippen LogP contribution in [0.2, 0.25) is 0 Å². The van der Waals surface area contributed by atoms with Gasteiger partial charge in [-0.2, -0.15) is 16.7 Å². The smallest absolute Gasteiger partial charge is 0.372 e. The van der Waals surface area contributed by atoms with Gasteiger partial charge in [-0.25, -0.2) is 4.98 Å². The Morgan fingerprint density at radius 1 is 1.55 bits per heavy atom. The van der Waals surface area contributed by atoms with Gasteiger partial charge in [0.15, 0.2) is 0 Å². The zero-order valence-corrected chi connectivity index (χ0v) is 12.4. The molecule has 0 spiro atoms. The Morgan fingerprint density at radius 2 is 2.35 bits per heavy atom. The van der Waals surface area contributed by atoms with Crippen molar-refractivity contribution in [1.29, 1.82) is 0 Å². The molecule has 0 saturated heterocycles. The second-order valence-electron chi connectivity index (χ2n) is 4.57. The van der Waals surface area contributed by atoms with Crippen molar-refractivity contribution >= 4 is 23.3 Å². The van der Waals surface area contributed by atoms with E-state index in [0.29, 0.717) is 5.25 Å². The van der Waals surface area contributed by atoms with E-state index in [0.717, 1.165) is 25.0 Å². The number of hydrogen-bond acceptors (Lipinski definition) is 7. The molecule has 1 fully saturated rings. The summed E-state index contributed by atoms with van der Waals surface area (Å²) in [5.41, 5.74) is -0.193. The van der Waals surface area contributed by atoms with Crippen molar-refractivity contribution in [2.75, 3.05) is 18.2 Å². The van der Waals surface area contributed by atoms with Crippen LogP contribution in [0.15, 0.2) is 6.33 Å². The van der Waals surface area contributed by atoms with Gasteiger partial charge in [0.25, 0.3) is 5.88 Å². The molecule has 0 amide bonds. The summed E-state index contributed by atoms with van der Waals surface area (Å²) < 4.78 is 4.93. The summed E-state index contributed by atoms with van der Waals surface area (Å²) in [7, 11) is 1.36. The molecule has 2 unspecified atom stereocenters. The van der Waals surface area contributed by atoms with Crippen LogP contribution in [0.25, 0.3) is 0 Å². The molecule has 1 aromatic heterocycles. The molecular weight excluding hydrogens is 280 g/mol. The first-order valence-electron chi connectivity index (χ1n) is 6.57. The lowest BCUT2D eigenvalue weighted by Crippen LogP contribution is -2.18. The SMILES string of the molecule is CCSC1CCC(Nc2ncnc(OC)c2[N+](=O)[O-])C1. The quantitative estimate of drug-likeness (QED) is 0.637. The minimum absolute atomic E-state index is 0.00928. The lowest BCUT2D eigenvalue weighted by atomic mass is 10.2. The molecule has 0 radical (unpaired) electrons. The second kappa shape index (κ2) is 6.74. The first-order chi connectivity index (χ1) is 9.65. The molecule has 8 heteroatoms. The molecule has 20 heavy (non-hydrogen) atoms. The molecule has 1 N–H and O–H groups in total. The van der Waals surface area contributed by atoms with Crippen LogP contribution in [0.3, 0.4) is 0 Å². The third kappa shape index (κ3) is 3.30. The van der Waals surface area contributed by atoms with Crippen LogP contribution in [0.1, 0.15) is 26.2 Å². The number of nitrogens with zero attached hydrogens (tertiary/aromatic N) is 3. The van der Waals surface area contributed by atoms with E-state index in [9.17, 15) is 10.1 Å². The monoisotopic (exact) mass is 298 g/mol. The fraction of sp³-hybridized carbons (Fsp3) is 0.667. The van der Waals surface area contributed by atoms with Crippen molar-refractivity contribution in [3.63, 3.8) is 0 Å². The highest BCUT2D eigenvalue weighted by atomic mass is 32.2. The minimum Gasteiger partial charge on any atom is -0.476 e. The average Bonchev–Trinajstić information content (AvgIpc) is 2.86. The van der Waals surface area contributed by atoms with E-state index in [-0.39, 0.29) is 23.4 Å². The number of hydrogen-bond donors (Lipinski definition) is 1. The number of nitrogens with one attached hydrogen (secondary N) is 1. The Balaban J connectivity index is 2.12. The van der Waals surface area contributed by atoms with Gasteiger partial charge in [0.1, 0.15) is 6.33 Å². The highest BCUT2D eigenvalue weighted by molar-refractivity contribution is 7.99. The fourth-order valence-electron chi connectivity index (χ4n) is 2.43. The summed E-state index contributed by atoms with van der Waals surface area (Å²) in [6, 6.07) is 0.220. The summed E-state index contributed by atoms with van der Waals surface area (Å²) in [6.45, 7) is 2.14. The first kappa shape index (κ1) is 14.8.